The Morgan fingerprint density at radius 3 is 2.52 bits per heavy atom. The predicted octanol–water partition coefficient (Wildman–Crippen LogP) is 1.59. The molecule has 0 amide bonds. The summed E-state index contributed by atoms with van der Waals surface area (Å²) in [6.45, 7) is 5.17. The lowest BCUT2D eigenvalue weighted by atomic mass is 9.99. The minimum Gasteiger partial charge on any atom is -0.493 e. The van der Waals surface area contributed by atoms with Gasteiger partial charge < -0.3 is 24.6 Å². The highest BCUT2D eigenvalue weighted by Gasteiger charge is 2.23. The van der Waals surface area contributed by atoms with Crippen LogP contribution in [0.2, 0.25) is 0 Å². The fourth-order valence-electron chi connectivity index (χ4n) is 3.82. The van der Waals surface area contributed by atoms with Gasteiger partial charge in [0.15, 0.2) is 17.5 Å². The molecule has 1 aromatic rings. The van der Waals surface area contributed by atoms with E-state index in [4.69, 9.17) is 9.47 Å². The number of fused-ring (bicyclic) bond motifs is 1. The summed E-state index contributed by atoms with van der Waals surface area (Å²) < 4.78 is 10.9. The second-order valence-electron chi connectivity index (χ2n) is 6.99. The molecule has 0 bridgehead atoms. The molecule has 138 valence electrons. The first-order chi connectivity index (χ1) is 12.1. The largest absolute Gasteiger partial charge is 0.493 e. The van der Waals surface area contributed by atoms with Crippen molar-refractivity contribution in [1.82, 2.24) is 15.1 Å². The monoisotopic (exact) mass is 346 g/mol. The molecule has 1 saturated heterocycles. The lowest BCUT2D eigenvalue weighted by Crippen LogP contribution is -2.45. The Balaban J connectivity index is 1.66. The lowest BCUT2D eigenvalue weighted by Gasteiger charge is -2.32. The molecule has 1 atom stereocenters. The van der Waals surface area contributed by atoms with Gasteiger partial charge in [-0.2, -0.15) is 0 Å². The molecule has 3 rings (SSSR count). The highest BCUT2D eigenvalue weighted by molar-refractivity contribution is 5.80. The van der Waals surface area contributed by atoms with Crippen LogP contribution in [-0.2, 0) is 13.0 Å². The summed E-state index contributed by atoms with van der Waals surface area (Å²) in [5, 5.41) is 3.58. The third kappa shape index (κ3) is 4.00. The van der Waals surface area contributed by atoms with Gasteiger partial charge in [0.25, 0.3) is 0 Å². The molecule has 0 saturated carbocycles. The quantitative estimate of drug-likeness (QED) is 0.663. The second-order valence-corrected chi connectivity index (χ2v) is 6.99. The molecule has 1 unspecified atom stereocenters. The summed E-state index contributed by atoms with van der Waals surface area (Å²) in [4.78, 5) is 9.22. The highest BCUT2D eigenvalue weighted by Crippen LogP contribution is 2.33. The van der Waals surface area contributed by atoms with Gasteiger partial charge in [0.2, 0.25) is 0 Å². The number of aliphatic imine (C=N–C) groups is 1. The van der Waals surface area contributed by atoms with Gasteiger partial charge in [-0.3, -0.25) is 4.99 Å². The molecule has 1 aromatic carbocycles. The minimum atomic E-state index is 0.711. The van der Waals surface area contributed by atoms with Crippen molar-refractivity contribution in [3.8, 4) is 11.5 Å². The van der Waals surface area contributed by atoms with E-state index < -0.39 is 0 Å². The fourth-order valence-corrected chi connectivity index (χ4v) is 3.82. The van der Waals surface area contributed by atoms with E-state index in [0.717, 1.165) is 43.5 Å². The average molecular weight is 346 g/mol. The third-order valence-electron chi connectivity index (χ3n) is 5.27. The number of nitrogens with one attached hydrogen (secondary N) is 1. The normalized spacial score (nSPS) is 21.2. The first-order valence-corrected chi connectivity index (χ1v) is 9.02. The van der Waals surface area contributed by atoms with Crippen molar-refractivity contribution < 1.29 is 9.47 Å². The molecule has 0 aromatic heterocycles. The number of hydrogen-bond acceptors (Lipinski definition) is 4. The predicted molar refractivity (Wildman–Crippen MR) is 101 cm³/mol. The number of guanidine groups is 1. The van der Waals surface area contributed by atoms with Crippen LogP contribution in [0.4, 0.5) is 0 Å². The van der Waals surface area contributed by atoms with E-state index in [1.54, 1.807) is 14.2 Å². The number of hydrogen-bond donors (Lipinski definition) is 1. The van der Waals surface area contributed by atoms with E-state index in [2.05, 4.69) is 39.3 Å². The zero-order valence-electron chi connectivity index (χ0n) is 15.8. The van der Waals surface area contributed by atoms with Crippen molar-refractivity contribution >= 4 is 5.96 Å². The van der Waals surface area contributed by atoms with Gasteiger partial charge in [-0.25, -0.2) is 0 Å². The Morgan fingerprint density at radius 1 is 1.20 bits per heavy atom. The maximum Gasteiger partial charge on any atom is 0.193 e. The van der Waals surface area contributed by atoms with Crippen molar-refractivity contribution in [2.75, 3.05) is 54.5 Å². The summed E-state index contributed by atoms with van der Waals surface area (Å²) in [5.41, 5.74) is 2.62. The highest BCUT2D eigenvalue weighted by atomic mass is 16.5. The van der Waals surface area contributed by atoms with Gasteiger partial charge >= 0.3 is 0 Å². The Kier molecular flexibility index (Phi) is 5.68. The molecular formula is C19H30N4O2. The summed E-state index contributed by atoms with van der Waals surface area (Å²) in [5.74, 6) is 3.31. The average Bonchev–Trinajstić information content (AvgIpc) is 3.06. The van der Waals surface area contributed by atoms with Crippen molar-refractivity contribution in [2.24, 2.45) is 10.9 Å². The van der Waals surface area contributed by atoms with Gasteiger partial charge in [-0.15, -0.1) is 0 Å². The third-order valence-corrected chi connectivity index (χ3v) is 5.27. The molecule has 1 N–H and O–H groups in total. The summed E-state index contributed by atoms with van der Waals surface area (Å²) in [6, 6.07) is 4.20. The molecule has 6 heteroatoms. The molecule has 1 fully saturated rings. The Labute approximate surface area is 150 Å². The molecule has 25 heavy (non-hydrogen) atoms. The Hall–Kier alpha value is -1.95. The molecule has 0 radical (unpaired) electrons. The number of ether oxygens (including phenoxy) is 2. The van der Waals surface area contributed by atoms with E-state index in [1.807, 2.05) is 7.05 Å². The first kappa shape index (κ1) is 17.9. The van der Waals surface area contributed by atoms with Gasteiger partial charge in [0.05, 0.1) is 14.2 Å². The minimum absolute atomic E-state index is 0.711. The number of benzene rings is 1. The number of rotatable bonds is 4. The summed E-state index contributed by atoms with van der Waals surface area (Å²) in [7, 11) is 7.43. The molecule has 2 heterocycles. The lowest BCUT2D eigenvalue weighted by molar-refractivity contribution is 0.344. The van der Waals surface area contributed by atoms with E-state index in [1.165, 1.54) is 30.6 Å². The van der Waals surface area contributed by atoms with E-state index in [-0.39, 0.29) is 0 Å². The van der Waals surface area contributed by atoms with Gasteiger partial charge in [-0.1, -0.05) is 0 Å². The molecular weight excluding hydrogens is 316 g/mol. The van der Waals surface area contributed by atoms with Crippen LogP contribution in [0, 0.1) is 5.92 Å². The standard InChI is InChI=1S/C19H30N4O2/c1-20-19(21-11-14-5-7-22(2)12-14)23-8-6-15-9-17(24-3)18(25-4)10-16(15)13-23/h9-10,14H,5-8,11-13H2,1-4H3,(H,20,21). The SMILES string of the molecule is CN=C(NCC1CCN(C)C1)N1CCc2cc(OC)c(OC)cc2C1. The van der Waals surface area contributed by atoms with Crippen molar-refractivity contribution in [3.05, 3.63) is 23.3 Å². The van der Waals surface area contributed by atoms with Gasteiger partial charge in [0.1, 0.15) is 0 Å². The first-order valence-electron chi connectivity index (χ1n) is 9.02. The molecule has 0 spiro atoms. The zero-order chi connectivity index (χ0) is 17.8. The van der Waals surface area contributed by atoms with Crippen LogP contribution in [0.25, 0.3) is 0 Å². The van der Waals surface area contributed by atoms with E-state index >= 15 is 0 Å². The Morgan fingerprint density at radius 2 is 1.92 bits per heavy atom. The molecule has 6 nitrogen and oxygen atoms in total. The fraction of sp³-hybridized carbons (Fsp3) is 0.632. The summed E-state index contributed by atoms with van der Waals surface area (Å²) >= 11 is 0. The number of nitrogens with zero attached hydrogens (tertiary/aromatic N) is 3. The maximum absolute atomic E-state index is 5.46. The van der Waals surface area contributed by atoms with Crippen LogP contribution in [0.3, 0.4) is 0 Å². The summed E-state index contributed by atoms with van der Waals surface area (Å²) in [6.07, 6.45) is 2.25. The number of methoxy groups -OCH3 is 2. The van der Waals surface area contributed by atoms with Crippen molar-refractivity contribution in [2.45, 2.75) is 19.4 Å². The van der Waals surface area contributed by atoms with Crippen LogP contribution in [0.15, 0.2) is 17.1 Å². The Bertz CT molecular complexity index is 632. The smallest absolute Gasteiger partial charge is 0.193 e. The number of likely N-dealkylation sites (tertiary alicyclic amines) is 1. The van der Waals surface area contributed by atoms with Crippen LogP contribution in [0.5, 0.6) is 11.5 Å². The van der Waals surface area contributed by atoms with E-state index in [0.29, 0.717) is 5.92 Å². The van der Waals surface area contributed by atoms with Crippen LogP contribution in [-0.4, -0.2) is 70.3 Å². The van der Waals surface area contributed by atoms with E-state index in [9.17, 15) is 0 Å². The molecule has 0 aliphatic carbocycles. The topological polar surface area (TPSA) is 49.3 Å². The van der Waals surface area contributed by atoms with Crippen molar-refractivity contribution in [1.29, 1.82) is 0 Å². The second kappa shape index (κ2) is 7.95. The van der Waals surface area contributed by atoms with Crippen LogP contribution in [0.1, 0.15) is 17.5 Å². The van der Waals surface area contributed by atoms with Crippen LogP contribution < -0.4 is 14.8 Å². The van der Waals surface area contributed by atoms with Crippen molar-refractivity contribution in [3.63, 3.8) is 0 Å². The molecule has 2 aliphatic rings. The van der Waals surface area contributed by atoms with Crippen LogP contribution >= 0.6 is 0 Å². The van der Waals surface area contributed by atoms with Gasteiger partial charge in [-0.05, 0) is 55.6 Å². The van der Waals surface area contributed by atoms with Gasteiger partial charge in [0, 0.05) is 33.2 Å². The maximum atomic E-state index is 5.46. The zero-order valence-corrected chi connectivity index (χ0v) is 15.8. The molecule has 2 aliphatic heterocycles.